The highest BCUT2D eigenvalue weighted by Crippen LogP contribution is 2.22. The van der Waals surface area contributed by atoms with Crippen LogP contribution >= 0.6 is 11.3 Å². The number of esters is 1. The van der Waals surface area contributed by atoms with E-state index in [9.17, 15) is 18.8 Å². The summed E-state index contributed by atoms with van der Waals surface area (Å²) in [6, 6.07) is 17.3. The summed E-state index contributed by atoms with van der Waals surface area (Å²) in [5, 5.41) is 4.40. The van der Waals surface area contributed by atoms with Crippen molar-refractivity contribution in [2.45, 2.75) is 18.9 Å². The van der Waals surface area contributed by atoms with Gasteiger partial charge in [0.15, 0.2) is 5.78 Å². The Labute approximate surface area is 171 Å². The highest BCUT2D eigenvalue weighted by Gasteiger charge is 2.25. The molecule has 2 aromatic carbocycles. The van der Waals surface area contributed by atoms with E-state index in [1.807, 2.05) is 0 Å². The van der Waals surface area contributed by atoms with Crippen LogP contribution in [0.15, 0.2) is 72.1 Å². The second-order valence-electron chi connectivity index (χ2n) is 6.18. The first-order valence-electron chi connectivity index (χ1n) is 8.90. The number of amides is 1. The molecular weight excluding hydrogens is 393 g/mol. The predicted molar refractivity (Wildman–Crippen MR) is 108 cm³/mol. The highest BCUT2D eigenvalue weighted by atomic mass is 32.1. The van der Waals surface area contributed by atoms with E-state index in [0.29, 0.717) is 16.1 Å². The van der Waals surface area contributed by atoms with Crippen molar-refractivity contribution in [1.29, 1.82) is 0 Å². The fourth-order valence-electron chi connectivity index (χ4n) is 2.61. The normalized spacial score (nSPS) is 11.5. The number of carbonyl (C=O) groups is 3. The Morgan fingerprint density at radius 1 is 0.931 bits per heavy atom. The Morgan fingerprint density at radius 2 is 1.66 bits per heavy atom. The quantitative estimate of drug-likeness (QED) is 0.428. The molecule has 0 unspecified atom stereocenters. The molecule has 0 saturated heterocycles. The van der Waals surface area contributed by atoms with E-state index in [0.717, 1.165) is 0 Å². The summed E-state index contributed by atoms with van der Waals surface area (Å²) in [5.74, 6) is -1.80. The molecule has 0 saturated carbocycles. The van der Waals surface area contributed by atoms with Gasteiger partial charge in [-0.15, -0.1) is 11.3 Å². The van der Waals surface area contributed by atoms with Gasteiger partial charge in [-0.05, 0) is 35.7 Å². The standard InChI is InChI=1S/C22H18FNO4S/c23-16-8-10-17(11-9-16)24-22(27)21(15-5-2-1-3-6-15)28-20(26)13-12-18(25)19-7-4-14-29-19/h1-11,14,21H,12-13H2,(H,24,27)/t21-/m1/s1. The summed E-state index contributed by atoms with van der Waals surface area (Å²) in [6.07, 6.45) is -1.32. The van der Waals surface area contributed by atoms with E-state index >= 15 is 0 Å². The Balaban J connectivity index is 1.66. The molecule has 0 aliphatic heterocycles. The van der Waals surface area contributed by atoms with Crippen LogP contribution in [-0.2, 0) is 14.3 Å². The Hall–Kier alpha value is -3.32. The first-order valence-corrected chi connectivity index (χ1v) is 9.78. The number of thiophene rings is 1. The van der Waals surface area contributed by atoms with Gasteiger partial charge in [0.05, 0.1) is 11.3 Å². The van der Waals surface area contributed by atoms with Crippen LogP contribution in [0, 0.1) is 5.82 Å². The smallest absolute Gasteiger partial charge is 0.307 e. The molecule has 0 radical (unpaired) electrons. The number of ketones is 1. The lowest BCUT2D eigenvalue weighted by Crippen LogP contribution is -2.26. The van der Waals surface area contributed by atoms with Crippen LogP contribution in [0.1, 0.15) is 34.2 Å². The first-order chi connectivity index (χ1) is 14.0. The maximum Gasteiger partial charge on any atom is 0.307 e. The molecule has 29 heavy (non-hydrogen) atoms. The van der Waals surface area contributed by atoms with Gasteiger partial charge in [-0.1, -0.05) is 36.4 Å². The highest BCUT2D eigenvalue weighted by molar-refractivity contribution is 7.12. The predicted octanol–water partition coefficient (Wildman–Crippen LogP) is 4.77. The minimum Gasteiger partial charge on any atom is -0.447 e. The van der Waals surface area contributed by atoms with Crippen molar-refractivity contribution in [2.24, 2.45) is 0 Å². The molecule has 0 aliphatic rings. The first kappa shape index (κ1) is 20.4. The van der Waals surface area contributed by atoms with Crippen LogP contribution in [-0.4, -0.2) is 17.7 Å². The molecule has 0 aliphatic carbocycles. The lowest BCUT2D eigenvalue weighted by atomic mass is 10.1. The lowest BCUT2D eigenvalue weighted by Gasteiger charge is -2.18. The van der Waals surface area contributed by atoms with E-state index in [1.54, 1.807) is 47.8 Å². The van der Waals surface area contributed by atoms with Crippen molar-refractivity contribution in [2.75, 3.05) is 5.32 Å². The number of rotatable bonds is 8. The average molecular weight is 411 g/mol. The number of benzene rings is 2. The molecular formula is C22H18FNO4S. The van der Waals surface area contributed by atoms with Crippen molar-refractivity contribution in [3.8, 4) is 0 Å². The topological polar surface area (TPSA) is 72.5 Å². The van der Waals surface area contributed by atoms with Gasteiger partial charge in [-0.25, -0.2) is 4.39 Å². The second kappa shape index (κ2) is 9.75. The molecule has 1 heterocycles. The molecule has 0 bridgehead atoms. The summed E-state index contributed by atoms with van der Waals surface area (Å²) in [6.45, 7) is 0. The zero-order chi connectivity index (χ0) is 20.6. The van der Waals surface area contributed by atoms with E-state index in [2.05, 4.69) is 5.32 Å². The number of anilines is 1. The van der Waals surface area contributed by atoms with Crippen LogP contribution in [0.3, 0.4) is 0 Å². The number of ether oxygens (including phenoxy) is 1. The van der Waals surface area contributed by atoms with Gasteiger partial charge in [-0.2, -0.15) is 0 Å². The molecule has 1 aromatic heterocycles. The van der Waals surface area contributed by atoms with Gasteiger partial charge < -0.3 is 10.1 Å². The zero-order valence-corrected chi connectivity index (χ0v) is 16.2. The molecule has 5 nitrogen and oxygen atoms in total. The van der Waals surface area contributed by atoms with Gasteiger partial charge in [0.1, 0.15) is 5.82 Å². The maximum atomic E-state index is 13.1. The van der Waals surface area contributed by atoms with Gasteiger partial charge in [0.25, 0.3) is 5.91 Å². The molecule has 7 heteroatoms. The van der Waals surface area contributed by atoms with E-state index in [-0.39, 0.29) is 18.6 Å². The molecule has 0 spiro atoms. The summed E-state index contributed by atoms with van der Waals surface area (Å²) < 4.78 is 18.5. The number of Topliss-reactive ketones (excluding diaryl/α,β-unsaturated/α-hetero) is 1. The SMILES string of the molecule is O=C(CCC(=O)c1cccs1)O[C@@H](C(=O)Nc1ccc(F)cc1)c1ccccc1. The Morgan fingerprint density at radius 3 is 2.31 bits per heavy atom. The third kappa shape index (κ3) is 5.83. The summed E-state index contributed by atoms with van der Waals surface area (Å²) in [5.41, 5.74) is 0.867. The number of carbonyl (C=O) groups excluding carboxylic acids is 3. The average Bonchev–Trinajstić information content (AvgIpc) is 3.27. The van der Waals surface area contributed by atoms with Crippen LogP contribution in [0.2, 0.25) is 0 Å². The van der Waals surface area contributed by atoms with Gasteiger partial charge in [0, 0.05) is 17.7 Å². The third-order valence-electron chi connectivity index (χ3n) is 4.05. The minimum atomic E-state index is -1.19. The van der Waals surface area contributed by atoms with E-state index in [4.69, 9.17) is 4.74 Å². The van der Waals surface area contributed by atoms with Crippen LogP contribution < -0.4 is 5.32 Å². The second-order valence-corrected chi connectivity index (χ2v) is 7.12. The molecule has 3 rings (SSSR count). The van der Waals surface area contributed by atoms with Gasteiger partial charge in [0.2, 0.25) is 6.10 Å². The fourth-order valence-corrected chi connectivity index (χ4v) is 3.30. The largest absolute Gasteiger partial charge is 0.447 e. The summed E-state index contributed by atoms with van der Waals surface area (Å²) in [7, 11) is 0. The lowest BCUT2D eigenvalue weighted by molar-refractivity contribution is -0.154. The van der Waals surface area contributed by atoms with Crippen molar-refractivity contribution in [3.05, 3.63) is 88.4 Å². The Kier molecular flexibility index (Phi) is 6.86. The Bertz CT molecular complexity index is 972. The molecule has 0 fully saturated rings. The molecule has 148 valence electrons. The van der Waals surface area contributed by atoms with E-state index in [1.165, 1.54) is 35.6 Å². The van der Waals surface area contributed by atoms with E-state index < -0.39 is 23.8 Å². The van der Waals surface area contributed by atoms with Crippen molar-refractivity contribution >= 4 is 34.7 Å². The van der Waals surface area contributed by atoms with Crippen molar-refractivity contribution in [1.82, 2.24) is 0 Å². The zero-order valence-electron chi connectivity index (χ0n) is 15.3. The van der Waals surface area contributed by atoms with Crippen LogP contribution in [0.25, 0.3) is 0 Å². The van der Waals surface area contributed by atoms with Gasteiger partial charge in [-0.3, -0.25) is 14.4 Å². The van der Waals surface area contributed by atoms with Crippen LogP contribution in [0.4, 0.5) is 10.1 Å². The number of nitrogens with one attached hydrogen (secondary N) is 1. The summed E-state index contributed by atoms with van der Waals surface area (Å²) >= 11 is 1.31. The third-order valence-corrected chi connectivity index (χ3v) is 4.96. The van der Waals surface area contributed by atoms with Crippen LogP contribution in [0.5, 0.6) is 0 Å². The fraction of sp³-hybridized carbons (Fsp3) is 0.136. The maximum absolute atomic E-state index is 13.1. The molecule has 3 aromatic rings. The minimum absolute atomic E-state index is 0.000434. The number of hydrogen-bond donors (Lipinski definition) is 1. The molecule has 1 N–H and O–H groups in total. The monoisotopic (exact) mass is 411 g/mol. The molecule has 1 atom stereocenters. The number of hydrogen-bond acceptors (Lipinski definition) is 5. The van der Waals surface area contributed by atoms with Gasteiger partial charge >= 0.3 is 5.97 Å². The molecule has 1 amide bonds. The number of halogens is 1. The van der Waals surface area contributed by atoms with Crippen molar-refractivity contribution in [3.63, 3.8) is 0 Å². The van der Waals surface area contributed by atoms with Crippen molar-refractivity contribution < 1.29 is 23.5 Å². The summed E-state index contributed by atoms with van der Waals surface area (Å²) in [4.78, 5) is 37.6.